The molecule has 1 heterocycles. The monoisotopic (exact) mass is 401 g/mol. The first-order valence-corrected chi connectivity index (χ1v) is 9.94. The van der Waals surface area contributed by atoms with Gasteiger partial charge in [-0.2, -0.15) is 17.4 Å². The zero-order chi connectivity index (χ0) is 20.2. The van der Waals surface area contributed by atoms with Gasteiger partial charge in [0.2, 0.25) is 5.91 Å². The molecule has 2 rings (SSSR count). The minimum absolute atomic E-state index is 0.229. The molecule has 1 saturated heterocycles. The van der Waals surface area contributed by atoms with Crippen molar-refractivity contribution in [1.29, 1.82) is 0 Å². The first-order chi connectivity index (χ1) is 12.7. The Bertz CT molecular complexity index is 770. The summed E-state index contributed by atoms with van der Waals surface area (Å²) in [6.07, 6.45) is 0.275. The first-order valence-electron chi connectivity index (χ1n) is 8.50. The largest absolute Gasteiger partial charge is 0.493 e. The van der Waals surface area contributed by atoms with Crippen molar-refractivity contribution in [3.63, 3.8) is 0 Å². The van der Waals surface area contributed by atoms with E-state index in [0.29, 0.717) is 23.7 Å². The number of carbonyl (C=O) groups is 1. The van der Waals surface area contributed by atoms with Gasteiger partial charge in [0.15, 0.2) is 11.5 Å². The molecule has 0 radical (unpaired) electrons. The highest BCUT2D eigenvalue weighted by Crippen LogP contribution is 2.34. The highest BCUT2D eigenvalue weighted by molar-refractivity contribution is 7.87. The van der Waals surface area contributed by atoms with Crippen molar-refractivity contribution in [2.75, 3.05) is 35.0 Å². The summed E-state index contributed by atoms with van der Waals surface area (Å²) >= 11 is 0. The summed E-state index contributed by atoms with van der Waals surface area (Å²) in [7, 11) is 2.14. The topological polar surface area (TPSA) is 106 Å². The third-order valence-corrected chi connectivity index (χ3v) is 6.08. The average Bonchev–Trinajstić information content (AvgIpc) is 2.63. The molecule has 1 aromatic carbocycles. The Morgan fingerprint density at radius 2 is 1.96 bits per heavy atom. The quantitative estimate of drug-likeness (QED) is 0.687. The standard InChI is InChI=1S/C17H27N3O6S/c1-11(10-24-3)18-17(21)14-9-13(19-27(22,23)20(14)2)12-6-7-15(25-4)16(8-12)26-5/h6-8,11,13-14,19H,9-10H2,1-5H3,(H,18,21)/t11?,13-,14+/m0/s1. The molecule has 9 nitrogen and oxygen atoms in total. The van der Waals surface area contributed by atoms with Crippen LogP contribution in [-0.2, 0) is 19.7 Å². The number of hydrogen-bond donors (Lipinski definition) is 2. The third kappa shape index (κ3) is 4.89. The first kappa shape index (κ1) is 21.4. The van der Waals surface area contributed by atoms with Crippen LogP contribution in [0.1, 0.15) is 24.9 Å². The molecule has 1 aromatic rings. The fraction of sp³-hybridized carbons (Fsp3) is 0.588. The molecule has 1 aliphatic rings. The van der Waals surface area contributed by atoms with E-state index in [9.17, 15) is 13.2 Å². The molecule has 2 N–H and O–H groups in total. The van der Waals surface area contributed by atoms with E-state index in [1.54, 1.807) is 25.1 Å². The van der Waals surface area contributed by atoms with Crippen LogP contribution in [-0.4, -0.2) is 65.7 Å². The predicted octanol–water partition coefficient (Wildman–Crippen LogP) is 0.435. The van der Waals surface area contributed by atoms with Crippen molar-refractivity contribution < 1.29 is 27.4 Å². The Kier molecular flexibility index (Phi) is 7.04. The third-order valence-electron chi connectivity index (χ3n) is 4.49. The number of methoxy groups -OCH3 is 3. The molecule has 0 saturated carbocycles. The van der Waals surface area contributed by atoms with Crippen LogP contribution in [0.5, 0.6) is 11.5 Å². The van der Waals surface area contributed by atoms with Gasteiger partial charge >= 0.3 is 0 Å². The van der Waals surface area contributed by atoms with Crippen LogP contribution in [0.15, 0.2) is 18.2 Å². The fourth-order valence-corrected chi connectivity index (χ4v) is 4.30. The summed E-state index contributed by atoms with van der Waals surface area (Å²) in [4.78, 5) is 12.6. The lowest BCUT2D eigenvalue weighted by molar-refractivity contribution is -0.126. The number of rotatable bonds is 7. The summed E-state index contributed by atoms with van der Waals surface area (Å²) in [6.45, 7) is 2.13. The zero-order valence-electron chi connectivity index (χ0n) is 16.2. The van der Waals surface area contributed by atoms with E-state index >= 15 is 0 Å². The number of carbonyl (C=O) groups excluding carboxylic acids is 1. The molecule has 1 aliphatic heterocycles. The van der Waals surface area contributed by atoms with E-state index in [4.69, 9.17) is 14.2 Å². The lowest BCUT2D eigenvalue weighted by atomic mass is 9.98. The van der Waals surface area contributed by atoms with Crippen LogP contribution in [0.2, 0.25) is 0 Å². The second kappa shape index (κ2) is 8.87. The summed E-state index contributed by atoms with van der Waals surface area (Å²) in [5.74, 6) is 0.667. The van der Waals surface area contributed by atoms with Gasteiger partial charge < -0.3 is 19.5 Å². The van der Waals surface area contributed by atoms with Crippen molar-refractivity contribution in [2.45, 2.75) is 31.5 Å². The van der Waals surface area contributed by atoms with E-state index in [0.717, 1.165) is 4.31 Å². The zero-order valence-corrected chi connectivity index (χ0v) is 17.0. The molecule has 0 aromatic heterocycles. The van der Waals surface area contributed by atoms with Crippen molar-refractivity contribution in [2.24, 2.45) is 0 Å². The number of nitrogens with one attached hydrogen (secondary N) is 2. The van der Waals surface area contributed by atoms with Crippen molar-refractivity contribution in [3.05, 3.63) is 23.8 Å². The van der Waals surface area contributed by atoms with E-state index in [-0.39, 0.29) is 18.4 Å². The summed E-state index contributed by atoms with van der Waals surface area (Å²) < 4.78 is 44.2. The average molecular weight is 401 g/mol. The van der Waals surface area contributed by atoms with E-state index in [1.807, 2.05) is 0 Å². The molecule has 10 heteroatoms. The Morgan fingerprint density at radius 1 is 1.30 bits per heavy atom. The normalized spacial score (nSPS) is 23.4. The summed E-state index contributed by atoms with van der Waals surface area (Å²) in [5, 5.41) is 2.79. The molecule has 1 fully saturated rings. The lowest BCUT2D eigenvalue weighted by Gasteiger charge is -2.36. The molecule has 27 heavy (non-hydrogen) atoms. The number of benzene rings is 1. The highest BCUT2D eigenvalue weighted by Gasteiger charge is 2.41. The van der Waals surface area contributed by atoms with E-state index < -0.39 is 22.3 Å². The minimum Gasteiger partial charge on any atom is -0.493 e. The van der Waals surface area contributed by atoms with E-state index in [1.165, 1.54) is 28.4 Å². The molecule has 0 aliphatic carbocycles. The van der Waals surface area contributed by atoms with Gasteiger partial charge in [-0.25, -0.2) is 0 Å². The summed E-state index contributed by atoms with van der Waals surface area (Å²) in [6, 6.07) is 3.53. The molecular weight excluding hydrogens is 374 g/mol. The molecule has 1 amide bonds. The van der Waals surface area contributed by atoms with Crippen LogP contribution < -0.4 is 19.5 Å². The number of likely N-dealkylation sites (N-methyl/N-ethyl adjacent to an activating group) is 1. The number of ether oxygens (including phenoxy) is 3. The van der Waals surface area contributed by atoms with Gasteiger partial charge in [0.1, 0.15) is 6.04 Å². The molecule has 0 spiro atoms. The van der Waals surface area contributed by atoms with Gasteiger partial charge in [0, 0.05) is 20.2 Å². The van der Waals surface area contributed by atoms with Crippen LogP contribution in [0.25, 0.3) is 0 Å². The number of hydrogen-bond acceptors (Lipinski definition) is 6. The van der Waals surface area contributed by atoms with Gasteiger partial charge in [-0.15, -0.1) is 0 Å². The highest BCUT2D eigenvalue weighted by atomic mass is 32.2. The van der Waals surface area contributed by atoms with Gasteiger partial charge in [0.25, 0.3) is 10.2 Å². The second-order valence-corrected chi connectivity index (χ2v) is 8.18. The molecule has 3 atom stereocenters. The van der Waals surface area contributed by atoms with Crippen molar-refractivity contribution >= 4 is 16.1 Å². The predicted molar refractivity (Wildman–Crippen MR) is 100.0 cm³/mol. The van der Waals surface area contributed by atoms with Crippen LogP contribution in [0.4, 0.5) is 0 Å². The van der Waals surface area contributed by atoms with Crippen molar-refractivity contribution in [1.82, 2.24) is 14.3 Å². The number of nitrogens with zero attached hydrogens (tertiary/aromatic N) is 1. The van der Waals surface area contributed by atoms with Gasteiger partial charge in [-0.3, -0.25) is 4.79 Å². The molecule has 0 bridgehead atoms. The van der Waals surface area contributed by atoms with E-state index in [2.05, 4.69) is 10.0 Å². The maximum absolute atomic E-state index is 12.6. The fourth-order valence-electron chi connectivity index (χ4n) is 3.03. The van der Waals surface area contributed by atoms with Gasteiger partial charge in [-0.05, 0) is 31.0 Å². The second-order valence-electron chi connectivity index (χ2n) is 6.42. The SMILES string of the molecule is COCC(C)NC(=O)[C@H]1C[C@@H](c2ccc(OC)c(OC)c2)NS(=O)(=O)N1C. The summed E-state index contributed by atoms with van der Waals surface area (Å²) in [5.41, 5.74) is 0.687. The number of amides is 1. The van der Waals surface area contributed by atoms with Crippen LogP contribution in [0.3, 0.4) is 0 Å². The van der Waals surface area contributed by atoms with Gasteiger partial charge in [0.05, 0.1) is 26.9 Å². The Morgan fingerprint density at radius 3 is 2.56 bits per heavy atom. The molecular formula is C17H27N3O6S. The van der Waals surface area contributed by atoms with Crippen LogP contribution in [0, 0.1) is 0 Å². The smallest absolute Gasteiger partial charge is 0.280 e. The Balaban J connectivity index is 2.28. The Hall–Kier alpha value is -1.88. The van der Waals surface area contributed by atoms with Crippen LogP contribution >= 0.6 is 0 Å². The maximum atomic E-state index is 12.6. The maximum Gasteiger partial charge on any atom is 0.280 e. The lowest BCUT2D eigenvalue weighted by Crippen LogP contribution is -2.58. The molecule has 1 unspecified atom stereocenters. The molecule has 152 valence electrons. The Labute approximate surface area is 160 Å². The van der Waals surface area contributed by atoms with Crippen molar-refractivity contribution in [3.8, 4) is 11.5 Å². The van der Waals surface area contributed by atoms with Gasteiger partial charge in [-0.1, -0.05) is 6.07 Å². The minimum atomic E-state index is -3.82.